The Morgan fingerprint density at radius 2 is 1.96 bits per heavy atom. The molecule has 2 aromatic carbocycles. The van der Waals surface area contributed by atoms with Crippen LogP contribution >= 0.6 is 0 Å². The van der Waals surface area contributed by atoms with Gasteiger partial charge in [0.25, 0.3) is 0 Å². The van der Waals surface area contributed by atoms with Crippen molar-refractivity contribution in [2.75, 3.05) is 13.1 Å². The Balaban J connectivity index is 1.53. The van der Waals surface area contributed by atoms with Gasteiger partial charge in [0, 0.05) is 37.8 Å². The van der Waals surface area contributed by atoms with Crippen LogP contribution in [0.15, 0.2) is 42.5 Å². The van der Waals surface area contributed by atoms with E-state index >= 15 is 0 Å². The summed E-state index contributed by atoms with van der Waals surface area (Å²) in [5.74, 6) is -1.38. The number of benzene rings is 2. The number of amides is 1. The molecule has 1 aliphatic rings. The van der Waals surface area contributed by atoms with Crippen molar-refractivity contribution in [3.8, 4) is 0 Å². The molecule has 6 heteroatoms. The van der Waals surface area contributed by atoms with E-state index in [0.29, 0.717) is 25.2 Å². The van der Waals surface area contributed by atoms with E-state index in [1.54, 1.807) is 0 Å². The summed E-state index contributed by atoms with van der Waals surface area (Å²) in [6, 6.07) is 11.8. The maximum absolute atomic E-state index is 13.7. The molecule has 0 spiro atoms. The van der Waals surface area contributed by atoms with Gasteiger partial charge in [0.2, 0.25) is 5.91 Å². The third-order valence-corrected chi connectivity index (χ3v) is 4.97. The van der Waals surface area contributed by atoms with E-state index in [2.05, 4.69) is 22.3 Å². The third-order valence-electron chi connectivity index (χ3n) is 4.97. The Kier molecular flexibility index (Phi) is 6.53. The molecule has 1 fully saturated rings. The first-order valence-corrected chi connectivity index (χ1v) is 9.25. The lowest BCUT2D eigenvalue weighted by Crippen LogP contribution is -2.40. The van der Waals surface area contributed by atoms with Gasteiger partial charge in [-0.05, 0) is 36.6 Å². The van der Waals surface area contributed by atoms with Crippen molar-refractivity contribution in [1.82, 2.24) is 10.2 Å². The molecule has 144 valence electrons. The number of hydrogen-bond donors (Lipinski definition) is 2. The van der Waals surface area contributed by atoms with E-state index in [1.807, 2.05) is 12.1 Å². The van der Waals surface area contributed by atoms with Gasteiger partial charge in [-0.3, -0.25) is 9.69 Å². The van der Waals surface area contributed by atoms with Crippen LogP contribution in [0.25, 0.3) is 0 Å². The zero-order valence-corrected chi connectivity index (χ0v) is 15.3. The van der Waals surface area contributed by atoms with Gasteiger partial charge in [0.05, 0.1) is 5.92 Å². The zero-order valence-electron chi connectivity index (χ0n) is 15.3. The first kappa shape index (κ1) is 19.5. The molecule has 1 atom stereocenters. The molecule has 0 aliphatic carbocycles. The van der Waals surface area contributed by atoms with Gasteiger partial charge in [-0.25, -0.2) is 8.78 Å². The smallest absolute Gasteiger partial charge is 0.221 e. The van der Waals surface area contributed by atoms with Gasteiger partial charge in [0.1, 0.15) is 11.6 Å². The van der Waals surface area contributed by atoms with Crippen LogP contribution < -0.4 is 11.1 Å². The number of nitrogens with two attached hydrogens (primary N) is 1. The highest BCUT2D eigenvalue weighted by molar-refractivity contribution is 5.76. The average molecular weight is 373 g/mol. The van der Waals surface area contributed by atoms with Crippen molar-refractivity contribution in [3.63, 3.8) is 0 Å². The summed E-state index contributed by atoms with van der Waals surface area (Å²) >= 11 is 0. The Morgan fingerprint density at radius 3 is 2.74 bits per heavy atom. The molecule has 1 aliphatic heterocycles. The van der Waals surface area contributed by atoms with Crippen LogP contribution in [-0.4, -0.2) is 23.9 Å². The second-order valence-electron chi connectivity index (χ2n) is 7.14. The molecule has 3 rings (SSSR count). The fourth-order valence-corrected chi connectivity index (χ4v) is 3.53. The number of hydrogen-bond acceptors (Lipinski definition) is 3. The number of carbonyl (C=O) groups excluding carboxylic acids is 1. The lowest BCUT2D eigenvalue weighted by Gasteiger charge is -2.31. The van der Waals surface area contributed by atoms with Gasteiger partial charge in [-0.2, -0.15) is 0 Å². The number of piperidine rings is 1. The van der Waals surface area contributed by atoms with E-state index in [1.165, 1.54) is 17.7 Å². The van der Waals surface area contributed by atoms with E-state index in [9.17, 15) is 13.6 Å². The minimum absolute atomic E-state index is 0.0609. The fraction of sp³-hybridized carbons (Fsp3) is 0.381. The maximum atomic E-state index is 13.7. The van der Waals surface area contributed by atoms with Gasteiger partial charge in [-0.1, -0.05) is 30.3 Å². The SMILES string of the molecule is NC(=O)[C@H]1CCCN(Cc2cccc(CNCc3ccc(F)cc3F)c2)C1. The molecule has 0 bridgehead atoms. The minimum Gasteiger partial charge on any atom is -0.369 e. The lowest BCUT2D eigenvalue weighted by atomic mass is 9.97. The van der Waals surface area contributed by atoms with Crippen molar-refractivity contribution < 1.29 is 13.6 Å². The van der Waals surface area contributed by atoms with Crippen molar-refractivity contribution in [2.24, 2.45) is 11.7 Å². The molecule has 4 nitrogen and oxygen atoms in total. The first-order chi connectivity index (χ1) is 13.0. The van der Waals surface area contributed by atoms with Crippen molar-refractivity contribution in [3.05, 3.63) is 70.8 Å². The number of carbonyl (C=O) groups is 1. The Labute approximate surface area is 158 Å². The first-order valence-electron chi connectivity index (χ1n) is 9.25. The largest absolute Gasteiger partial charge is 0.369 e. The van der Waals surface area contributed by atoms with Crippen LogP contribution in [0, 0.1) is 17.6 Å². The number of halogens is 2. The minimum atomic E-state index is -0.569. The van der Waals surface area contributed by atoms with Crippen LogP contribution in [0.3, 0.4) is 0 Å². The summed E-state index contributed by atoms with van der Waals surface area (Å²) in [5, 5.41) is 3.19. The second-order valence-corrected chi connectivity index (χ2v) is 7.14. The van der Waals surface area contributed by atoms with Crippen LogP contribution in [0.1, 0.15) is 29.5 Å². The molecular formula is C21H25F2N3O. The van der Waals surface area contributed by atoms with Crippen molar-refractivity contribution in [2.45, 2.75) is 32.5 Å². The molecule has 27 heavy (non-hydrogen) atoms. The molecule has 2 aromatic rings. The molecule has 0 unspecified atom stereocenters. The van der Waals surface area contributed by atoms with Crippen LogP contribution in [-0.2, 0) is 24.4 Å². The second kappa shape index (κ2) is 9.06. The topological polar surface area (TPSA) is 58.4 Å². The van der Waals surface area contributed by atoms with E-state index in [4.69, 9.17) is 5.73 Å². The summed E-state index contributed by atoms with van der Waals surface area (Å²) in [6.45, 7) is 3.39. The lowest BCUT2D eigenvalue weighted by molar-refractivity contribution is -0.123. The number of primary amides is 1. The highest BCUT2D eigenvalue weighted by Crippen LogP contribution is 2.19. The van der Waals surface area contributed by atoms with Gasteiger partial charge >= 0.3 is 0 Å². The van der Waals surface area contributed by atoms with E-state index in [0.717, 1.165) is 37.6 Å². The van der Waals surface area contributed by atoms with Crippen molar-refractivity contribution in [1.29, 1.82) is 0 Å². The zero-order chi connectivity index (χ0) is 19.2. The number of rotatable bonds is 7. The molecule has 0 saturated carbocycles. The molecule has 3 N–H and O–H groups in total. The van der Waals surface area contributed by atoms with E-state index in [-0.39, 0.29) is 11.8 Å². The summed E-state index contributed by atoms with van der Waals surface area (Å²) in [4.78, 5) is 13.7. The predicted molar refractivity (Wildman–Crippen MR) is 101 cm³/mol. The van der Waals surface area contributed by atoms with Crippen molar-refractivity contribution >= 4 is 5.91 Å². The normalized spacial score (nSPS) is 17.8. The number of nitrogens with zero attached hydrogens (tertiary/aromatic N) is 1. The molecule has 1 amide bonds. The highest BCUT2D eigenvalue weighted by atomic mass is 19.1. The maximum Gasteiger partial charge on any atom is 0.221 e. The summed E-state index contributed by atoms with van der Waals surface area (Å²) < 4.78 is 26.6. The highest BCUT2D eigenvalue weighted by Gasteiger charge is 2.23. The van der Waals surface area contributed by atoms with Gasteiger partial charge < -0.3 is 11.1 Å². The standard InChI is InChI=1S/C21H25F2N3O/c22-19-7-6-17(20(23)10-19)12-25-11-15-3-1-4-16(9-15)13-26-8-2-5-18(14-26)21(24)27/h1,3-4,6-7,9-10,18,25H,2,5,8,11-14H2,(H2,24,27)/t18-/m0/s1. The summed E-state index contributed by atoms with van der Waals surface area (Å²) in [5.41, 5.74) is 8.16. The van der Waals surface area contributed by atoms with Crippen LogP contribution in [0.5, 0.6) is 0 Å². The average Bonchev–Trinajstić information content (AvgIpc) is 2.64. The molecule has 0 radical (unpaired) electrons. The van der Waals surface area contributed by atoms with Crippen LogP contribution in [0.4, 0.5) is 8.78 Å². The fourth-order valence-electron chi connectivity index (χ4n) is 3.53. The third kappa shape index (κ3) is 5.58. The van der Waals surface area contributed by atoms with Gasteiger partial charge in [0.15, 0.2) is 0 Å². The monoisotopic (exact) mass is 373 g/mol. The molecule has 0 aromatic heterocycles. The quantitative estimate of drug-likeness (QED) is 0.785. The van der Waals surface area contributed by atoms with Crippen LogP contribution in [0.2, 0.25) is 0 Å². The predicted octanol–water partition coefficient (Wildman–Crippen LogP) is 2.95. The Bertz CT molecular complexity index is 797. The Hall–Kier alpha value is -2.31. The summed E-state index contributed by atoms with van der Waals surface area (Å²) in [6.07, 6.45) is 1.85. The number of nitrogens with one attached hydrogen (secondary N) is 1. The molecule has 1 heterocycles. The Morgan fingerprint density at radius 1 is 1.15 bits per heavy atom. The van der Waals surface area contributed by atoms with Gasteiger partial charge in [-0.15, -0.1) is 0 Å². The number of likely N-dealkylation sites (tertiary alicyclic amines) is 1. The molecule has 1 saturated heterocycles. The molecular weight excluding hydrogens is 348 g/mol. The van der Waals surface area contributed by atoms with E-state index < -0.39 is 11.6 Å². The summed E-state index contributed by atoms with van der Waals surface area (Å²) in [7, 11) is 0.